The van der Waals surface area contributed by atoms with E-state index in [0.29, 0.717) is 0 Å². The molecule has 0 saturated heterocycles. The van der Waals surface area contributed by atoms with Crippen molar-refractivity contribution in [3.8, 4) is 0 Å². The largest absolute Gasteiger partial charge is 0.366 e. The van der Waals surface area contributed by atoms with Gasteiger partial charge in [0.2, 0.25) is 5.91 Å². The molecule has 0 spiro atoms. The molecule has 2 aromatic carbocycles. The number of primary amides is 1. The molecule has 6 nitrogen and oxygen atoms in total. The number of carbonyl (C=O) groups excluding carboxylic acids is 2. The van der Waals surface area contributed by atoms with Crippen molar-refractivity contribution in [3.05, 3.63) is 82.1 Å². The first-order valence-corrected chi connectivity index (χ1v) is 10.4. The van der Waals surface area contributed by atoms with E-state index < -0.39 is 52.8 Å². The van der Waals surface area contributed by atoms with E-state index in [-0.39, 0.29) is 28.6 Å². The van der Waals surface area contributed by atoms with E-state index >= 15 is 4.39 Å². The highest BCUT2D eigenvalue weighted by Gasteiger charge is 2.26. The summed E-state index contributed by atoms with van der Waals surface area (Å²) in [5, 5.41) is 4.63. The monoisotopic (exact) mass is 472 g/mol. The molecule has 1 fully saturated rings. The van der Waals surface area contributed by atoms with Gasteiger partial charge in [-0.25, -0.2) is 22.5 Å². The lowest BCUT2D eigenvalue weighted by molar-refractivity contribution is -0.114. The van der Waals surface area contributed by atoms with Crippen LogP contribution < -0.4 is 16.4 Å². The Morgan fingerprint density at radius 1 is 1.03 bits per heavy atom. The molecule has 1 aromatic heterocycles. The molecule has 10 heteroatoms. The normalized spacial score (nSPS) is 13.0. The molecule has 1 saturated carbocycles. The summed E-state index contributed by atoms with van der Waals surface area (Å²) in [5.74, 6) is -6.18. The van der Waals surface area contributed by atoms with Crippen molar-refractivity contribution in [1.29, 1.82) is 0 Å². The minimum atomic E-state index is -1.46. The smallest absolute Gasteiger partial charge is 0.250 e. The average Bonchev–Trinajstić information content (AvgIpc) is 3.62. The van der Waals surface area contributed by atoms with Gasteiger partial charge < -0.3 is 16.4 Å². The van der Waals surface area contributed by atoms with Crippen molar-refractivity contribution in [3.63, 3.8) is 0 Å². The molecule has 1 aliphatic rings. The van der Waals surface area contributed by atoms with Gasteiger partial charge >= 0.3 is 0 Å². The molecule has 176 valence electrons. The van der Waals surface area contributed by atoms with Crippen LogP contribution in [0.15, 0.2) is 36.5 Å². The van der Waals surface area contributed by atoms with Crippen LogP contribution in [-0.2, 0) is 11.2 Å². The van der Waals surface area contributed by atoms with Crippen LogP contribution in [0.5, 0.6) is 0 Å². The zero-order valence-corrected chi connectivity index (χ0v) is 18.0. The first kappa shape index (κ1) is 23.2. The minimum Gasteiger partial charge on any atom is -0.366 e. The number of hydrogen-bond donors (Lipinski definition) is 3. The predicted octanol–water partition coefficient (Wildman–Crippen LogP) is 4.91. The van der Waals surface area contributed by atoms with Gasteiger partial charge in [-0.05, 0) is 59.7 Å². The summed E-state index contributed by atoms with van der Waals surface area (Å²) < 4.78 is 59.2. The van der Waals surface area contributed by atoms with Crippen LogP contribution in [0.3, 0.4) is 0 Å². The van der Waals surface area contributed by atoms with Crippen LogP contribution in [0.4, 0.5) is 34.8 Å². The van der Waals surface area contributed by atoms with Crippen molar-refractivity contribution in [2.45, 2.75) is 32.1 Å². The highest BCUT2D eigenvalue weighted by Crippen LogP contribution is 2.41. The third-order valence-electron chi connectivity index (χ3n) is 5.49. The molecule has 0 unspecified atom stereocenters. The number of benzene rings is 2. The second-order valence-corrected chi connectivity index (χ2v) is 8.08. The van der Waals surface area contributed by atoms with Gasteiger partial charge in [-0.1, -0.05) is 6.07 Å². The van der Waals surface area contributed by atoms with Gasteiger partial charge in [-0.2, -0.15) is 0 Å². The number of nitrogens with zero attached hydrogens (tertiary/aromatic N) is 1. The van der Waals surface area contributed by atoms with Gasteiger partial charge in [0.05, 0.1) is 16.9 Å². The number of anilines is 3. The Kier molecular flexibility index (Phi) is 6.23. The van der Waals surface area contributed by atoms with Crippen molar-refractivity contribution in [2.75, 3.05) is 10.6 Å². The van der Waals surface area contributed by atoms with Gasteiger partial charge in [-0.3, -0.25) is 9.59 Å². The van der Waals surface area contributed by atoms with E-state index in [4.69, 9.17) is 5.73 Å². The number of carbonyl (C=O) groups is 2. The van der Waals surface area contributed by atoms with Crippen molar-refractivity contribution >= 4 is 29.0 Å². The summed E-state index contributed by atoms with van der Waals surface area (Å²) in [5.41, 5.74) is 4.50. The van der Waals surface area contributed by atoms with E-state index in [9.17, 15) is 22.8 Å². The lowest BCUT2D eigenvalue weighted by Crippen LogP contribution is -2.17. The van der Waals surface area contributed by atoms with Crippen LogP contribution in [-0.4, -0.2) is 16.8 Å². The minimum absolute atomic E-state index is 0.102. The number of nitrogens with one attached hydrogen (secondary N) is 2. The number of hydrogen-bond acceptors (Lipinski definition) is 4. The SMILES string of the molecule is CC(=O)Nc1nccc(Cc2cc(C(N)=O)c(Nc3ccc(C4CC4)cc3F)c(F)c2F)c1F. The van der Waals surface area contributed by atoms with Crippen LogP contribution in [0, 0.1) is 23.3 Å². The summed E-state index contributed by atoms with van der Waals surface area (Å²) in [6.45, 7) is 1.16. The highest BCUT2D eigenvalue weighted by atomic mass is 19.2. The summed E-state index contributed by atoms with van der Waals surface area (Å²) in [4.78, 5) is 26.9. The molecule has 0 bridgehead atoms. The maximum Gasteiger partial charge on any atom is 0.250 e. The van der Waals surface area contributed by atoms with Crippen LogP contribution in [0.25, 0.3) is 0 Å². The number of aromatic nitrogens is 1. The molecule has 0 radical (unpaired) electrons. The molecule has 2 amide bonds. The molecule has 4 N–H and O–H groups in total. The number of nitrogens with two attached hydrogens (primary N) is 1. The molecule has 1 heterocycles. The molecule has 0 atom stereocenters. The fourth-order valence-electron chi connectivity index (χ4n) is 3.64. The first-order valence-electron chi connectivity index (χ1n) is 10.4. The molecule has 3 aromatic rings. The van der Waals surface area contributed by atoms with E-state index in [0.717, 1.165) is 31.4 Å². The quantitative estimate of drug-likeness (QED) is 0.426. The topological polar surface area (TPSA) is 97.1 Å². The van der Waals surface area contributed by atoms with Crippen molar-refractivity contribution < 1.29 is 27.2 Å². The molecule has 4 rings (SSSR count). The fraction of sp³-hybridized carbons (Fsp3) is 0.208. The number of pyridine rings is 1. The summed E-state index contributed by atoms with van der Waals surface area (Å²) in [7, 11) is 0. The second-order valence-electron chi connectivity index (χ2n) is 8.08. The Labute approximate surface area is 192 Å². The Morgan fingerprint density at radius 3 is 2.38 bits per heavy atom. The Hall–Kier alpha value is -3.95. The van der Waals surface area contributed by atoms with Crippen molar-refractivity contribution in [2.24, 2.45) is 5.73 Å². The van der Waals surface area contributed by atoms with Crippen molar-refractivity contribution in [1.82, 2.24) is 4.98 Å². The Morgan fingerprint density at radius 2 is 1.76 bits per heavy atom. The number of halogens is 4. The zero-order valence-electron chi connectivity index (χ0n) is 18.0. The first-order chi connectivity index (χ1) is 16.2. The molecule has 1 aliphatic carbocycles. The number of amides is 2. The fourth-order valence-corrected chi connectivity index (χ4v) is 3.64. The van der Waals surface area contributed by atoms with Gasteiger partial charge in [0, 0.05) is 19.5 Å². The summed E-state index contributed by atoms with van der Waals surface area (Å²) >= 11 is 0. The van der Waals surface area contributed by atoms with E-state index in [2.05, 4.69) is 15.6 Å². The third-order valence-corrected chi connectivity index (χ3v) is 5.49. The predicted molar refractivity (Wildman–Crippen MR) is 118 cm³/mol. The van der Waals surface area contributed by atoms with Crippen LogP contribution in [0.1, 0.15) is 52.7 Å². The molecular formula is C24H20F4N4O2. The van der Waals surface area contributed by atoms with Crippen LogP contribution in [0.2, 0.25) is 0 Å². The average molecular weight is 472 g/mol. The molecule has 0 aliphatic heterocycles. The Balaban J connectivity index is 1.70. The van der Waals surface area contributed by atoms with Gasteiger partial charge in [0.1, 0.15) is 5.82 Å². The summed E-state index contributed by atoms with van der Waals surface area (Å²) in [6, 6.07) is 6.58. The lowest BCUT2D eigenvalue weighted by atomic mass is 9.99. The standard InChI is InChI=1S/C24H20F4N4O2/c1-11(33)31-24-20(27)14(6-7-30-24)8-15-9-16(23(29)34)22(21(28)19(15)26)32-18-5-4-13(10-17(18)25)12-2-3-12/h4-7,9-10,12,32H,2-3,8H2,1H3,(H2,29,34)(H,30,31,33). The van der Waals surface area contributed by atoms with Gasteiger partial charge in [-0.15, -0.1) is 0 Å². The van der Waals surface area contributed by atoms with Gasteiger partial charge in [0.25, 0.3) is 5.91 Å². The Bertz CT molecular complexity index is 1310. The second kappa shape index (κ2) is 9.12. The van der Waals surface area contributed by atoms with E-state index in [1.807, 2.05) is 0 Å². The van der Waals surface area contributed by atoms with E-state index in [1.54, 1.807) is 6.07 Å². The maximum atomic E-state index is 15.0. The van der Waals surface area contributed by atoms with Gasteiger partial charge in [0.15, 0.2) is 23.3 Å². The van der Waals surface area contributed by atoms with E-state index in [1.165, 1.54) is 24.4 Å². The third kappa shape index (κ3) is 4.70. The number of rotatable bonds is 7. The lowest BCUT2D eigenvalue weighted by Gasteiger charge is -2.16. The summed E-state index contributed by atoms with van der Waals surface area (Å²) in [6.07, 6.45) is 2.65. The highest BCUT2D eigenvalue weighted by molar-refractivity contribution is 5.99. The zero-order chi connectivity index (χ0) is 24.6. The maximum absolute atomic E-state index is 15.0. The molecule has 34 heavy (non-hydrogen) atoms. The molecular weight excluding hydrogens is 452 g/mol. The van der Waals surface area contributed by atoms with Crippen LogP contribution >= 0.6 is 0 Å².